The number of benzene rings is 2. The minimum atomic E-state index is -4.46. The maximum absolute atomic E-state index is 12.5. The molecule has 138 valence electrons. The van der Waals surface area contributed by atoms with E-state index in [-0.39, 0.29) is 11.4 Å². The predicted molar refractivity (Wildman–Crippen MR) is 87.1 cm³/mol. The van der Waals surface area contributed by atoms with Crippen LogP contribution in [0, 0.1) is 0 Å². The molecule has 0 radical (unpaired) electrons. The summed E-state index contributed by atoms with van der Waals surface area (Å²) in [7, 11) is 0. The topological polar surface area (TPSA) is 116 Å². The summed E-state index contributed by atoms with van der Waals surface area (Å²) < 4.78 is 37.6. The van der Waals surface area contributed by atoms with Crippen molar-refractivity contribution in [3.8, 4) is 5.69 Å². The van der Waals surface area contributed by atoms with Crippen molar-refractivity contribution in [2.24, 2.45) is 5.73 Å². The van der Waals surface area contributed by atoms with Crippen LogP contribution in [0.3, 0.4) is 0 Å². The van der Waals surface area contributed by atoms with Gasteiger partial charge in [-0.15, -0.1) is 15.0 Å². The van der Waals surface area contributed by atoms with E-state index < -0.39 is 23.6 Å². The lowest BCUT2D eigenvalue weighted by atomic mass is 10.1. The number of amides is 2. The number of nitrogens with one attached hydrogen (secondary N) is 1. The number of tetrazole rings is 1. The zero-order chi connectivity index (χ0) is 19.6. The van der Waals surface area contributed by atoms with Crippen LogP contribution in [0.4, 0.5) is 18.9 Å². The van der Waals surface area contributed by atoms with E-state index in [1.807, 2.05) is 0 Å². The van der Waals surface area contributed by atoms with Gasteiger partial charge < -0.3 is 11.1 Å². The molecule has 0 fully saturated rings. The Balaban J connectivity index is 1.70. The van der Waals surface area contributed by atoms with E-state index >= 15 is 0 Å². The molecule has 0 bridgehead atoms. The molecule has 11 heteroatoms. The molecule has 2 aromatic carbocycles. The minimum Gasteiger partial charge on any atom is -0.363 e. The predicted octanol–water partition coefficient (Wildman–Crippen LogP) is 2.03. The third-order valence-electron chi connectivity index (χ3n) is 3.46. The molecule has 2 amide bonds. The Morgan fingerprint density at radius 1 is 1.00 bits per heavy atom. The smallest absolute Gasteiger partial charge is 0.363 e. The van der Waals surface area contributed by atoms with E-state index in [1.165, 1.54) is 12.1 Å². The Bertz CT molecular complexity index is 981. The van der Waals surface area contributed by atoms with E-state index in [0.29, 0.717) is 11.4 Å². The van der Waals surface area contributed by atoms with Gasteiger partial charge in [0.2, 0.25) is 0 Å². The summed E-state index contributed by atoms with van der Waals surface area (Å²) >= 11 is 0. The molecular weight excluding hydrogens is 365 g/mol. The van der Waals surface area contributed by atoms with Crippen molar-refractivity contribution in [3.05, 3.63) is 65.5 Å². The van der Waals surface area contributed by atoms with Crippen LogP contribution in [-0.4, -0.2) is 32.0 Å². The van der Waals surface area contributed by atoms with Crippen molar-refractivity contribution in [2.45, 2.75) is 6.18 Å². The van der Waals surface area contributed by atoms with Crippen molar-refractivity contribution in [3.63, 3.8) is 0 Å². The third kappa shape index (κ3) is 4.08. The van der Waals surface area contributed by atoms with Crippen LogP contribution in [0.25, 0.3) is 5.69 Å². The highest BCUT2D eigenvalue weighted by Gasteiger charge is 2.30. The van der Waals surface area contributed by atoms with E-state index in [9.17, 15) is 22.8 Å². The molecule has 0 unspecified atom stereocenters. The van der Waals surface area contributed by atoms with Crippen molar-refractivity contribution in [1.82, 2.24) is 20.2 Å². The number of alkyl halides is 3. The Kier molecular flexibility index (Phi) is 4.59. The summed E-state index contributed by atoms with van der Waals surface area (Å²) in [5.41, 5.74) is 5.15. The number of rotatable bonds is 4. The molecule has 3 aromatic rings. The summed E-state index contributed by atoms with van der Waals surface area (Å²) in [6, 6.07) is 10.0. The summed E-state index contributed by atoms with van der Waals surface area (Å²) in [5, 5.41) is 13.5. The fraction of sp³-hybridized carbons (Fsp3) is 0.0625. The van der Waals surface area contributed by atoms with Gasteiger partial charge in [-0.2, -0.15) is 13.2 Å². The number of halogens is 3. The van der Waals surface area contributed by atoms with Crippen LogP contribution in [-0.2, 0) is 6.18 Å². The molecule has 0 aliphatic rings. The van der Waals surface area contributed by atoms with Crippen LogP contribution in [0.1, 0.15) is 26.5 Å². The summed E-state index contributed by atoms with van der Waals surface area (Å²) in [6.07, 6.45) is -4.46. The molecule has 0 saturated carbocycles. The number of hydrogen-bond acceptors (Lipinski definition) is 5. The molecule has 0 atom stereocenters. The first kappa shape index (κ1) is 18.0. The Hall–Kier alpha value is -3.76. The number of nitrogens with zero attached hydrogens (tertiary/aromatic N) is 4. The average Bonchev–Trinajstić information content (AvgIpc) is 3.12. The van der Waals surface area contributed by atoms with E-state index in [1.54, 1.807) is 12.1 Å². The summed E-state index contributed by atoms with van der Waals surface area (Å²) in [5.74, 6) is -1.62. The highest BCUT2D eigenvalue weighted by Crippen LogP contribution is 2.29. The van der Waals surface area contributed by atoms with Crippen LogP contribution in [0.5, 0.6) is 0 Å². The van der Waals surface area contributed by atoms with Crippen molar-refractivity contribution >= 4 is 17.5 Å². The second kappa shape index (κ2) is 6.86. The fourth-order valence-electron chi connectivity index (χ4n) is 2.11. The van der Waals surface area contributed by atoms with Crippen molar-refractivity contribution < 1.29 is 22.8 Å². The number of carbonyl (C=O) groups is 2. The minimum absolute atomic E-state index is 0.0797. The van der Waals surface area contributed by atoms with Gasteiger partial charge in [-0.1, -0.05) is 0 Å². The van der Waals surface area contributed by atoms with Gasteiger partial charge >= 0.3 is 6.18 Å². The number of carbonyl (C=O) groups excluding carboxylic acids is 2. The van der Waals surface area contributed by atoms with E-state index in [4.69, 9.17) is 5.73 Å². The summed E-state index contributed by atoms with van der Waals surface area (Å²) in [4.78, 5) is 24.2. The number of nitrogens with two attached hydrogens (primary N) is 1. The molecular formula is C16H11F3N6O2. The first-order valence-corrected chi connectivity index (χ1v) is 7.43. The van der Waals surface area contributed by atoms with Gasteiger partial charge in [0.25, 0.3) is 17.6 Å². The van der Waals surface area contributed by atoms with Crippen molar-refractivity contribution in [1.29, 1.82) is 0 Å². The van der Waals surface area contributed by atoms with Crippen molar-refractivity contribution in [2.75, 3.05) is 5.32 Å². The maximum atomic E-state index is 12.5. The second-order valence-electron chi connectivity index (χ2n) is 5.34. The SMILES string of the molecule is NC(=O)c1nnn(-c2ccc(NC(=O)c3ccc(C(F)(F)F)cc3)cc2)n1. The molecule has 0 aliphatic carbocycles. The van der Waals surface area contributed by atoms with E-state index in [2.05, 4.69) is 20.7 Å². The first-order chi connectivity index (χ1) is 12.7. The highest BCUT2D eigenvalue weighted by atomic mass is 19.4. The van der Waals surface area contributed by atoms with Crippen LogP contribution >= 0.6 is 0 Å². The van der Waals surface area contributed by atoms with Gasteiger partial charge in [0.1, 0.15) is 0 Å². The van der Waals surface area contributed by atoms with Gasteiger partial charge in [-0.05, 0) is 53.7 Å². The Labute approximate surface area is 149 Å². The van der Waals surface area contributed by atoms with Crippen LogP contribution < -0.4 is 11.1 Å². The molecule has 3 N–H and O–H groups in total. The zero-order valence-electron chi connectivity index (χ0n) is 13.4. The molecule has 0 aliphatic heterocycles. The molecule has 0 spiro atoms. The zero-order valence-corrected chi connectivity index (χ0v) is 13.4. The number of aromatic nitrogens is 4. The van der Waals surface area contributed by atoms with Crippen LogP contribution in [0.2, 0.25) is 0 Å². The highest BCUT2D eigenvalue weighted by molar-refractivity contribution is 6.04. The van der Waals surface area contributed by atoms with Gasteiger partial charge in [0.15, 0.2) is 0 Å². The monoisotopic (exact) mass is 376 g/mol. The molecule has 1 aromatic heterocycles. The lowest BCUT2D eigenvalue weighted by Gasteiger charge is -2.08. The largest absolute Gasteiger partial charge is 0.416 e. The average molecular weight is 376 g/mol. The lowest BCUT2D eigenvalue weighted by molar-refractivity contribution is -0.137. The van der Waals surface area contributed by atoms with Crippen LogP contribution in [0.15, 0.2) is 48.5 Å². The lowest BCUT2D eigenvalue weighted by Crippen LogP contribution is -2.13. The summed E-state index contributed by atoms with van der Waals surface area (Å²) in [6.45, 7) is 0. The standard InChI is InChI=1S/C16H11F3N6O2/c17-16(18,19)10-3-1-9(2-4-10)15(27)21-11-5-7-12(8-6-11)25-23-14(13(20)26)22-24-25/h1-8H,(H2,20,26)(H,21,27). The normalized spacial score (nSPS) is 11.2. The third-order valence-corrected chi connectivity index (χ3v) is 3.46. The van der Waals surface area contributed by atoms with Gasteiger partial charge in [-0.3, -0.25) is 9.59 Å². The first-order valence-electron chi connectivity index (χ1n) is 7.43. The van der Waals surface area contributed by atoms with Gasteiger partial charge in [0, 0.05) is 11.3 Å². The van der Waals surface area contributed by atoms with E-state index in [0.717, 1.165) is 29.1 Å². The van der Waals surface area contributed by atoms with Gasteiger partial charge in [0.05, 0.1) is 11.3 Å². The quantitative estimate of drug-likeness (QED) is 0.723. The number of hydrogen-bond donors (Lipinski definition) is 2. The molecule has 0 saturated heterocycles. The fourth-order valence-corrected chi connectivity index (χ4v) is 2.11. The molecule has 1 heterocycles. The maximum Gasteiger partial charge on any atom is 0.416 e. The molecule has 8 nitrogen and oxygen atoms in total. The Morgan fingerprint density at radius 3 is 2.15 bits per heavy atom. The number of primary amides is 1. The molecule has 27 heavy (non-hydrogen) atoms. The Morgan fingerprint density at radius 2 is 1.63 bits per heavy atom. The van der Waals surface area contributed by atoms with Gasteiger partial charge in [-0.25, -0.2) is 0 Å². The number of anilines is 1. The second-order valence-corrected chi connectivity index (χ2v) is 5.34. The molecule has 3 rings (SSSR count).